The molecule has 102 valence electrons. The van der Waals surface area contributed by atoms with Crippen molar-refractivity contribution in [3.63, 3.8) is 0 Å². The van der Waals surface area contributed by atoms with Gasteiger partial charge in [-0.3, -0.25) is 0 Å². The highest BCUT2D eigenvalue weighted by molar-refractivity contribution is 5.15. The molecule has 0 spiro atoms. The van der Waals surface area contributed by atoms with Crippen molar-refractivity contribution >= 4 is 0 Å². The van der Waals surface area contributed by atoms with Crippen LogP contribution >= 0.6 is 0 Å². The molecular formula is C17H29N. The summed E-state index contributed by atoms with van der Waals surface area (Å²) >= 11 is 0. The van der Waals surface area contributed by atoms with Crippen LogP contribution < -0.4 is 5.73 Å². The van der Waals surface area contributed by atoms with E-state index in [0.717, 1.165) is 35.5 Å². The maximum atomic E-state index is 6.54. The summed E-state index contributed by atoms with van der Waals surface area (Å²) in [4.78, 5) is 0. The van der Waals surface area contributed by atoms with Gasteiger partial charge in [-0.1, -0.05) is 32.1 Å². The summed E-state index contributed by atoms with van der Waals surface area (Å²) < 4.78 is 0. The van der Waals surface area contributed by atoms with Gasteiger partial charge in [0.15, 0.2) is 0 Å². The Morgan fingerprint density at radius 3 is 2.22 bits per heavy atom. The monoisotopic (exact) mass is 247 g/mol. The smallest absolute Gasteiger partial charge is 0.00729 e. The van der Waals surface area contributed by atoms with E-state index >= 15 is 0 Å². The molecule has 0 radical (unpaired) electrons. The summed E-state index contributed by atoms with van der Waals surface area (Å²) in [7, 11) is 0. The van der Waals surface area contributed by atoms with Gasteiger partial charge >= 0.3 is 0 Å². The van der Waals surface area contributed by atoms with Crippen LogP contribution in [0.5, 0.6) is 0 Å². The number of rotatable bonds is 4. The highest BCUT2D eigenvalue weighted by Gasteiger charge is 2.65. The number of hydrogen-bond acceptors (Lipinski definition) is 1. The van der Waals surface area contributed by atoms with Gasteiger partial charge in [-0.25, -0.2) is 0 Å². The zero-order chi connectivity index (χ0) is 12.1. The van der Waals surface area contributed by atoms with Crippen LogP contribution in [0.3, 0.4) is 0 Å². The predicted molar refractivity (Wildman–Crippen MR) is 75.1 cm³/mol. The highest BCUT2D eigenvalue weighted by Crippen LogP contribution is 2.70. The zero-order valence-electron chi connectivity index (χ0n) is 11.7. The molecule has 2 N–H and O–H groups in total. The Balaban J connectivity index is 1.26. The molecule has 0 aromatic heterocycles. The van der Waals surface area contributed by atoms with E-state index in [1.54, 1.807) is 6.42 Å². The molecule has 4 aliphatic rings. The van der Waals surface area contributed by atoms with Gasteiger partial charge in [-0.2, -0.15) is 0 Å². The summed E-state index contributed by atoms with van der Waals surface area (Å²) in [5.74, 6) is 6.37. The van der Waals surface area contributed by atoms with Crippen molar-refractivity contribution in [1.82, 2.24) is 0 Å². The van der Waals surface area contributed by atoms with Crippen LogP contribution in [0.1, 0.15) is 64.2 Å². The Bertz CT molecular complexity index is 291. The molecule has 0 amide bonds. The molecule has 0 aromatic carbocycles. The first-order valence-electron chi connectivity index (χ1n) is 8.60. The van der Waals surface area contributed by atoms with Crippen LogP contribution in [0.2, 0.25) is 0 Å². The van der Waals surface area contributed by atoms with Gasteiger partial charge in [0.05, 0.1) is 0 Å². The van der Waals surface area contributed by atoms with Gasteiger partial charge < -0.3 is 5.73 Å². The Hall–Kier alpha value is -0.0400. The van der Waals surface area contributed by atoms with Crippen molar-refractivity contribution in [3.05, 3.63) is 0 Å². The van der Waals surface area contributed by atoms with Crippen molar-refractivity contribution < 1.29 is 0 Å². The lowest BCUT2D eigenvalue weighted by atomic mass is 9.84. The van der Waals surface area contributed by atoms with Crippen molar-refractivity contribution in [3.8, 4) is 0 Å². The van der Waals surface area contributed by atoms with Gasteiger partial charge in [-0.15, -0.1) is 0 Å². The maximum Gasteiger partial charge on any atom is 0.00729 e. The van der Waals surface area contributed by atoms with Crippen molar-refractivity contribution in [2.45, 2.75) is 70.3 Å². The minimum atomic E-state index is 0.560. The van der Waals surface area contributed by atoms with E-state index < -0.39 is 0 Å². The van der Waals surface area contributed by atoms with Gasteiger partial charge in [0.2, 0.25) is 0 Å². The zero-order valence-corrected chi connectivity index (χ0v) is 11.7. The second kappa shape index (κ2) is 4.51. The van der Waals surface area contributed by atoms with Crippen LogP contribution in [0.4, 0.5) is 0 Å². The molecule has 4 aliphatic carbocycles. The second-order valence-electron chi connectivity index (χ2n) is 7.81. The van der Waals surface area contributed by atoms with E-state index in [1.807, 2.05) is 0 Å². The Morgan fingerprint density at radius 1 is 0.889 bits per heavy atom. The molecule has 5 unspecified atom stereocenters. The SMILES string of the molecule is NC(CCC1CCCCC1)C1C2C3CCC(C3)C12. The van der Waals surface area contributed by atoms with Crippen LogP contribution in [-0.2, 0) is 0 Å². The third-order valence-electron chi connectivity index (χ3n) is 6.92. The van der Waals surface area contributed by atoms with E-state index in [0.29, 0.717) is 6.04 Å². The summed E-state index contributed by atoms with van der Waals surface area (Å²) in [5, 5.41) is 0. The maximum absolute atomic E-state index is 6.54. The molecule has 0 aromatic rings. The first-order valence-corrected chi connectivity index (χ1v) is 8.60. The molecule has 0 heterocycles. The quantitative estimate of drug-likeness (QED) is 0.799. The van der Waals surface area contributed by atoms with Crippen LogP contribution in [0, 0.1) is 35.5 Å². The molecule has 0 saturated heterocycles. The van der Waals surface area contributed by atoms with Crippen molar-refractivity contribution in [2.24, 2.45) is 41.2 Å². The van der Waals surface area contributed by atoms with Gasteiger partial charge in [0.1, 0.15) is 0 Å². The molecule has 1 heteroatoms. The molecule has 4 fully saturated rings. The highest BCUT2D eigenvalue weighted by atomic mass is 14.8. The van der Waals surface area contributed by atoms with E-state index in [4.69, 9.17) is 5.73 Å². The normalized spacial score (nSPS) is 48.2. The lowest BCUT2D eigenvalue weighted by molar-refractivity contribution is 0.306. The fourth-order valence-electron chi connectivity index (χ4n) is 6.06. The van der Waals surface area contributed by atoms with E-state index in [9.17, 15) is 0 Å². The summed E-state index contributed by atoms with van der Waals surface area (Å²) in [5.41, 5.74) is 6.54. The van der Waals surface area contributed by atoms with Gasteiger partial charge in [0, 0.05) is 6.04 Å². The number of hydrogen-bond donors (Lipinski definition) is 1. The van der Waals surface area contributed by atoms with Crippen LogP contribution in [-0.4, -0.2) is 6.04 Å². The van der Waals surface area contributed by atoms with Gasteiger partial charge in [-0.05, 0) is 67.6 Å². The number of nitrogens with two attached hydrogens (primary N) is 1. The molecular weight excluding hydrogens is 218 g/mol. The fourth-order valence-corrected chi connectivity index (χ4v) is 6.06. The average Bonchev–Trinajstić information content (AvgIpc) is 2.86. The summed E-state index contributed by atoms with van der Waals surface area (Å²) in [6.07, 6.45) is 14.9. The molecule has 4 saturated carbocycles. The first kappa shape index (κ1) is 11.8. The lowest BCUT2D eigenvalue weighted by Gasteiger charge is -2.23. The number of fused-ring (bicyclic) bond motifs is 5. The van der Waals surface area contributed by atoms with E-state index in [2.05, 4.69) is 0 Å². The Labute approximate surface area is 112 Å². The first-order chi connectivity index (χ1) is 8.84. The standard InChI is InChI=1S/C17H29N/c18-14(9-6-11-4-2-1-3-5-11)17-15-12-7-8-13(10-12)16(15)17/h11-17H,1-10,18H2. The van der Waals surface area contributed by atoms with Gasteiger partial charge in [0.25, 0.3) is 0 Å². The van der Waals surface area contributed by atoms with E-state index in [1.165, 1.54) is 57.8 Å². The third kappa shape index (κ3) is 1.85. The molecule has 4 rings (SSSR count). The Morgan fingerprint density at radius 2 is 1.56 bits per heavy atom. The minimum absolute atomic E-state index is 0.560. The third-order valence-corrected chi connectivity index (χ3v) is 6.92. The predicted octanol–water partition coefficient (Wildman–Crippen LogP) is 3.97. The lowest BCUT2D eigenvalue weighted by Crippen LogP contribution is -2.27. The second-order valence-corrected chi connectivity index (χ2v) is 7.81. The van der Waals surface area contributed by atoms with E-state index in [-0.39, 0.29) is 0 Å². The largest absolute Gasteiger partial charge is 0.327 e. The van der Waals surface area contributed by atoms with Crippen molar-refractivity contribution in [1.29, 1.82) is 0 Å². The molecule has 0 aliphatic heterocycles. The summed E-state index contributed by atoms with van der Waals surface area (Å²) in [6, 6.07) is 0.560. The summed E-state index contributed by atoms with van der Waals surface area (Å²) in [6.45, 7) is 0. The molecule has 18 heavy (non-hydrogen) atoms. The van der Waals surface area contributed by atoms with Crippen LogP contribution in [0.25, 0.3) is 0 Å². The molecule has 2 bridgehead atoms. The Kier molecular flexibility index (Phi) is 2.94. The topological polar surface area (TPSA) is 26.0 Å². The van der Waals surface area contributed by atoms with Crippen LogP contribution in [0.15, 0.2) is 0 Å². The average molecular weight is 247 g/mol. The molecule has 5 atom stereocenters. The molecule has 1 nitrogen and oxygen atoms in total. The fraction of sp³-hybridized carbons (Fsp3) is 1.00. The minimum Gasteiger partial charge on any atom is -0.327 e. The van der Waals surface area contributed by atoms with Crippen molar-refractivity contribution in [2.75, 3.05) is 0 Å².